The molecule has 0 atom stereocenters. The quantitative estimate of drug-likeness (QED) is 0.807. The van der Waals surface area contributed by atoms with Crippen LogP contribution in [0.5, 0.6) is 0 Å². The van der Waals surface area contributed by atoms with Crippen molar-refractivity contribution in [3.05, 3.63) is 27.9 Å². The summed E-state index contributed by atoms with van der Waals surface area (Å²) in [5, 5.41) is 5.75. The van der Waals surface area contributed by atoms with E-state index in [1.165, 1.54) is 0 Å². The lowest BCUT2D eigenvalue weighted by atomic mass is 9.99. The van der Waals surface area contributed by atoms with Gasteiger partial charge in [0.2, 0.25) is 5.82 Å². The zero-order valence-electron chi connectivity index (χ0n) is 12.4. The lowest BCUT2D eigenvalue weighted by molar-refractivity contribution is -0.144. The van der Waals surface area contributed by atoms with Gasteiger partial charge in [-0.2, -0.15) is 27.8 Å². The highest BCUT2D eigenvalue weighted by Crippen LogP contribution is 2.25. The number of aromatic amines is 1. The highest BCUT2D eigenvalue weighted by Gasteiger charge is 2.35. The molecule has 8 nitrogen and oxygen atoms in total. The summed E-state index contributed by atoms with van der Waals surface area (Å²) in [5.74, 6) is -2.67. The van der Waals surface area contributed by atoms with Crippen molar-refractivity contribution in [1.29, 1.82) is 0 Å². The van der Waals surface area contributed by atoms with E-state index in [0.29, 0.717) is 4.52 Å². The number of halogens is 3. The summed E-state index contributed by atoms with van der Waals surface area (Å²) in [6.45, 7) is 0. The predicted octanol–water partition coefficient (Wildman–Crippen LogP) is 1.49. The number of aromatic nitrogens is 4. The third-order valence-electron chi connectivity index (χ3n) is 3.63. The van der Waals surface area contributed by atoms with Gasteiger partial charge in [-0.3, -0.25) is 14.7 Å². The second-order valence-electron chi connectivity index (χ2n) is 5.36. The second kappa shape index (κ2) is 6.06. The summed E-state index contributed by atoms with van der Waals surface area (Å²) in [6, 6.07) is 0. The summed E-state index contributed by atoms with van der Waals surface area (Å²) in [5.41, 5.74) is 1.67. The smallest absolute Gasteiger partial charge is 0.267 e. The first-order valence-electron chi connectivity index (χ1n) is 7.27. The van der Waals surface area contributed by atoms with Crippen LogP contribution in [0.2, 0.25) is 0 Å². The molecule has 0 bridgehead atoms. The van der Waals surface area contributed by atoms with Gasteiger partial charge < -0.3 is 0 Å². The minimum Gasteiger partial charge on any atom is -0.267 e. The van der Waals surface area contributed by atoms with Crippen LogP contribution in [0.3, 0.4) is 0 Å². The molecule has 128 valence electrons. The van der Waals surface area contributed by atoms with Crippen LogP contribution in [0.4, 0.5) is 13.2 Å². The molecule has 11 heteroatoms. The Bertz CT molecular complexity index is 859. The highest BCUT2D eigenvalue weighted by atomic mass is 19.4. The maximum Gasteiger partial charge on any atom is 0.451 e. The zero-order valence-corrected chi connectivity index (χ0v) is 12.4. The topological polar surface area (TPSA) is 105 Å². The predicted molar refractivity (Wildman–Crippen MR) is 76.6 cm³/mol. The summed E-state index contributed by atoms with van der Waals surface area (Å²) < 4.78 is 38.3. The number of alkyl halides is 3. The van der Waals surface area contributed by atoms with Crippen LogP contribution in [0.15, 0.2) is 16.1 Å². The van der Waals surface area contributed by atoms with Gasteiger partial charge in [-0.1, -0.05) is 6.42 Å². The van der Waals surface area contributed by atoms with E-state index in [4.69, 9.17) is 0 Å². The standard InChI is InChI=1S/C13H13F3N6O2/c14-13(15,16)11-18-12-17-6-8(10(24)22(12)21-11)9(23)20-19-7-4-2-1-3-5-7/h6H,1-5H2,(H,20,23)(H,17,18,21). The van der Waals surface area contributed by atoms with Crippen molar-refractivity contribution in [2.45, 2.75) is 38.3 Å². The molecule has 24 heavy (non-hydrogen) atoms. The molecule has 1 aliphatic carbocycles. The van der Waals surface area contributed by atoms with Gasteiger partial charge in [-0.25, -0.2) is 10.4 Å². The average Bonchev–Trinajstić information content (AvgIpc) is 2.99. The largest absolute Gasteiger partial charge is 0.451 e. The zero-order chi connectivity index (χ0) is 17.3. The first kappa shape index (κ1) is 16.1. The number of fused-ring (bicyclic) bond motifs is 1. The number of hydrogen-bond donors (Lipinski definition) is 2. The first-order valence-corrected chi connectivity index (χ1v) is 7.27. The molecule has 0 unspecified atom stereocenters. The van der Waals surface area contributed by atoms with Crippen molar-refractivity contribution in [2.75, 3.05) is 0 Å². The van der Waals surface area contributed by atoms with E-state index in [9.17, 15) is 22.8 Å². The number of carbonyl (C=O) groups is 1. The Kier molecular flexibility index (Phi) is 4.08. The molecule has 1 aliphatic rings. The molecule has 0 spiro atoms. The van der Waals surface area contributed by atoms with Crippen molar-refractivity contribution in [3.8, 4) is 0 Å². The maximum atomic E-state index is 12.6. The van der Waals surface area contributed by atoms with Crippen LogP contribution in [-0.4, -0.2) is 31.2 Å². The van der Waals surface area contributed by atoms with Gasteiger partial charge in [0.05, 0.1) is 0 Å². The van der Waals surface area contributed by atoms with Crippen molar-refractivity contribution < 1.29 is 18.0 Å². The van der Waals surface area contributed by atoms with Gasteiger partial charge in [-0.15, -0.1) is 0 Å². The Morgan fingerprint density at radius 1 is 1.29 bits per heavy atom. The van der Waals surface area contributed by atoms with Gasteiger partial charge >= 0.3 is 6.18 Å². The van der Waals surface area contributed by atoms with E-state index >= 15 is 0 Å². The van der Waals surface area contributed by atoms with Gasteiger partial charge in [0.25, 0.3) is 17.2 Å². The van der Waals surface area contributed by atoms with Crippen LogP contribution in [0.1, 0.15) is 48.3 Å². The van der Waals surface area contributed by atoms with Gasteiger partial charge in [0.1, 0.15) is 5.56 Å². The van der Waals surface area contributed by atoms with Crippen LogP contribution in [-0.2, 0) is 6.18 Å². The lowest BCUT2D eigenvalue weighted by Crippen LogP contribution is -2.30. The molecule has 1 saturated carbocycles. The molecule has 2 heterocycles. The fourth-order valence-corrected chi connectivity index (χ4v) is 2.40. The number of carbonyl (C=O) groups excluding carboxylic acids is 1. The summed E-state index contributed by atoms with van der Waals surface area (Å²) >= 11 is 0. The van der Waals surface area contributed by atoms with E-state index in [2.05, 4.69) is 20.5 Å². The molecule has 0 aromatic carbocycles. The normalized spacial score (nSPS) is 15.5. The van der Waals surface area contributed by atoms with Crippen molar-refractivity contribution in [3.63, 3.8) is 0 Å². The van der Waals surface area contributed by atoms with E-state index in [0.717, 1.165) is 44.0 Å². The van der Waals surface area contributed by atoms with Crippen LogP contribution in [0.25, 0.3) is 5.78 Å². The van der Waals surface area contributed by atoms with Crippen molar-refractivity contribution in [1.82, 2.24) is 25.0 Å². The Hall–Kier alpha value is -2.72. The van der Waals surface area contributed by atoms with E-state index in [1.807, 2.05) is 0 Å². The molecule has 1 fully saturated rings. The van der Waals surface area contributed by atoms with Crippen LogP contribution >= 0.6 is 0 Å². The molecule has 3 rings (SSSR count). The van der Waals surface area contributed by atoms with Crippen molar-refractivity contribution in [2.24, 2.45) is 5.10 Å². The SMILES string of the molecule is O=C(NN=C1CCCCC1)c1cnc2nc(C(F)(F)F)[nH]n2c1=O. The Morgan fingerprint density at radius 3 is 2.67 bits per heavy atom. The average molecular weight is 342 g/mol. The molecule has 0 saturated heterocycles. The summed E-state index contributed by atoms with van der Waals surface area (Å²) in [6.07, 6.45) is 0.747. The second-order valence-corrected chi connectivity index (χ2v) is 5.36. The number of nitrogens with one attached hydrogen (secondary N) is 2. The number of rotatable bonds is 2. The van der Waals surface area contributed by atoms with Gasteiger partial charge in [-0.05, 0) is 25.7 Å². The number of nitrogens with zero attached hydrogens (tertiary/aromatic N) is 4. The van der Waals surface area contributed by atoms with Crippen molar-refractivity contribution >= 4 is 17.4 Å². The van der Waals surface area contributed by atoms with E-state index in [-0.39, 0.29) is 0 Å². The molecule has 2 aromatic rings. The number of hydrogen-bond acceptors (Lipinski definition) is 5. The van der Waals surface area contributed by atoms with E-state index < -0.39 is 34.8 Å². The van der Waals surface area contributed by atoms with E-state index in [1.54, 1.807) is 5.10 Å². The number of hydrazone groups is 1. The number of H-pyrrole nitrogens is 1. The van der Waals surface area contributed by atoms with Gasteiger partial charge in [0.15, 0.2) is 0 Å². The molecule has 0 radical (unpaired) electrons. The van der Waals surface area contributed by atoms with Crippen LogP contribution in [0, 0.1) is 0 Å². The Labute approximate surface area is 132 Å². The third kappa shape index (κ3) is 3.14. The first-order chi connectivity index (χ1) is 11.4. The molecular formula is C13H13F3N6O2. The van der Waals surface area contributed by atoms with Gasteiger partial charge in [0, 0.05) is 11.9 Å². The fraction of sp³-hybridized carbons (Fsp3) is 0.462. The third-order valence-corrected chi connectivity index (χ3v) is 3.63. The highest BCUT2D eigenvalue weighted by molar-refractivity contribution is 5.95. The maximum absolute atomic E-state index is 12.6. The molecule has 2 aromatic heterocycles. The fourth-order valence-electron chi connectivity index (χ4n) is 2.40. The minimum absolute atomic E-state index is 0.426. The minimum atomic E-state index is -4.75. The monoisotopic (exact) mass is 342 g/mol. The number of amides is 1. The molecular weight excluding hydrogens is 329 g/mol. The molecule has 0 aliphatic heterocycles. The molecule has 2 N–H and O–H groups in total. The Balaban J connectivity index is 1.88. The summed E-state index contributed by atoms with van der Waals surface area (Å²) in [7, 11) is 0. The Morgan fingerprint density at radius 2 is 2.00 bits per heavy atom. The summed E-state index contributed by atoms with van der Waals surface area (Å²) in [4.78, 5) is 30.9. The lowest BCUT2D eigenvalue weighted by Gasteiger charge is -2.11. The molecule has 1 amide bonds. The van der Waals surface area contributed by atoms with Crippen LogP contribution < -0.4 is 11.0 Å².